The summed E-state index contributed by atoms with van der Waals surface area (Å²) >= 11 is 6.07. The van der Waals surface area contributed by atoms with Gasteiger partial charge in [-0.25, -0.2) is 18.9 Å². The lowest BCUT2D eigenvalue weighted by molar-refractivity contribution is -0.119. The minimum atomic E-state index is -1.13. The van der Waals surface area contributed by atoms with Crippen molar-refractivity contribution in [2.24, 2.45) is 17.8 Å². The van der Waals surface area contributed by atoms with E-state index >= 15 is 0 Å². The number of nitrogens with one attached hydrogen (secondary N) is 2. The first kappa shape index (κ1) is 71.0. The fourth-order valence-corrected chi connectivity index (χ4v) is 15.1. The lowest BCUT2D eigenvalue weighted by atomic mass is 9.90. The maximum absolute atomic E-state index is 12.6. The first-order valence-corrected chi connectivity index (χ1v) is 29.4. The smallest absolute Gasteiger partial charge is 0.351 e. The molecule has 26 heteroatoms. The molecule has 10 atom stereocenters. The summed E-state index contributed by atoms with van der Waals surface area (Å²) < 4.78 is 37.7. The average molecular weight is 1210 g/mol. The first-order chi connectivity index (χ1) is 33.8. The maximum atomic E-state index is 12.6. The number of anilines is 2. The number of fused-ring (bicyclic) bond motifs is 2. The zero-order valence-electron chi connectivity index (χ0n) is 46.6. The Balaban J connectivity index is 0.000000378. The predicted octanol–water partition coefficient (Wildman–Crippen LogP) is 9.44. The molecule has 2 aromatic rings. The standard InChI is InChI=1S/C21H33N4O5P.C14H21N3O4.C8H16O.C7H13ClNOP.4H2S/c1-6-14-15(29-31-25-10-7-8-16(25)21(4,5)30-31)12-18(28-14)24-11-9-17(23-20(24)27)22-19(26)13(2)3;1-4-10-9(18)7-12(21-10)17-6-5-11(16-14(17)20)15-13(19)8(2)3;1-8(2,9)7-5-3-4-6-7;1-7(2)6-4-3-5-9(6)11(8)10-7;;;;/h9,11,13-16,18H,6-8,10,12H2,1-5H3,(H,22,23,26,27);5-6,8-10,12,18H,4,7H2,1-3H3,(H,15,16,19,20);7,9H,3-6H2,1-2H3;6H,3-5H2,1-2H3;4*1H2/t14-,15-,16+,18-,31+;9-,10-,12-;;6-,11?;;;;/m11.0..../s1. The van der Waals surface area contributed by atoms with Gasteiger partial charge in [-0.2, -0.15) is 64.0 Å². The third-order valence-corrected chi connectivity index (χ3v) is 19.0. The van der Waals surface area contributed by atoms with E-state index in [-0.39, 0.29) is 119 Å². The molecule has 438 valence electrons. The van der Waals surface area contributed by atoms with Crippen LogP contribution in [-0.4, -0.2) is 117 Å². The highest BCUT2D eigenvalue weighted by atomic mass is 35.7. The van der Waals surface area contributed by atoms with Crippen LogP contribution in [0.5, 0.6) is 0 Å². The zero-order valence-corrected chi connectivity index (χ0v) is 53.1. The van der Waals surface area contributed by atoms with Crippen molar-refractivity contribution in [1.82, 2.24) is 28.4 Å². The minimum absolute atomic E-state index is 0. The number of carbonyl (C=O) groups excluding carboxylic acids is 2. The van der Waals surface area contributed by atoms with Gasteiger partial charge >= 0.3 is 11.4 Å². The molecule has 1 saturated carbocycles. The highest BCUT2D eigenvalue weighted by Crippen LogP contribution is 2.62. The summed E-state index contributed by atoms with van der Waals surface area (Å²) in [5.41, 5.74) is -1.60. The Morgan fingerprint density at radius 3 is 1.62 bits per heavy atom. The van der Waals surface area contributed by atoms with Crippen molar-refractivity contribution in [2.75, 3.05) is 23.7 Å². The third kappa shape index (κ3) is 18.2. The van der Waals surface area contributed by atoms with Gasteiger partial charge in [-0.05, 0) is 122 Å². The summed E-state index contributed by atoms with van der Waals surface area (Å²) in [4.78, 5) is 55.9. The van der Waals surface area contributed by atoms with Crippen LogP contribution < -0.4 is 22.0 Å². The molecular formula is C50H91ClN8O11P2S4. The van der Waals surface area contributed by atoms with Crippen LogP contribution in [0, 0.1) is 17.8 Å². The molecular weight excluding hydrogens is 1110 g/mol. The molecule has 0 aromatic carbocycles. The van der Waals surface area contributed by atoms with E-state index in [9.17, 15) is 29.4 Å². The number of nitrogens with zero attached hydrogens (tertiary/aromatic N) is 6. The second kappa shape index (κ2) is 30.8. The van der Waals surface area contributed by atoms with Crippen LogP contribution in [-0.2, 0) is 32.6 Å². The molecule has 76 heavy (non-hydrogen) atoms. The molecule has 0 spiro atoms. The topological polar surface area (TPSA) is 221 Å². The number of amides is 2. The van der Waals surface area contributed by atoms with Crippen molar-refractivity contribution >= 4 is 105 Å². The number of hydrogen-bond donors (Lipinski definition) is 4. The van der Waals surface area contributed by atoms with Gasteiger partial charge in [-0.15, -0.1) is 0 Å². The number of rotatable bonds is 11. The fourth-order valence-electron chi connectivity index (χ4n) is 10.3. The molecule has 19 nitrogen and oxygen atoms in total. The molecule has 4 N–H and O–H groups in total. The Morgan fingerprint density at radius 1 is 0.750 bits per heavy atom. The Morgan fingerprint density at radius 2 is 1.20 bits per heavy atom. The first-order valence-electron chi connectivity index (χ1n) is 26.2. The molecule has 8 heterocycles. The van der Waals surface area contributed by atoms with Crippen LogP contribution in [0.25, 0.3) is 0 Å². The SMILES string of the molecule is CC(C)(O)C1CCCC1.CC1(C)OP(Cl)N2CCC[C@H]21.CC[C@H]1O[C@@H](n2ccc(NC(=O)C(C)C)nc2=O)C[C@H]1O.CC[C@H]1O[C@@H](n2ccc(NC(=O)C(C)C)nc2=O)C[C@H]1O[P@@]1OC(C)(C)[C@@H]2CCCN21.S.S.S.S. The number of aromatic nitrogens is 4. The van der Waals surface area contributed by atoms with E-state index in [4.69, 9.17) is 34.3 Å². The number of hydrogen-bond acceptors (Lipinski definition) is 15. The van der Waals surface area contributed by atoms with Crippen molar-refractivity contribution < 1.29 is 42.8 Å². The van der Waals surface area contributed by atoms with E-state index < -0.39 is 51.7 Å². The van der Waals surface area contributed by atoms with Crippen LogP contribution >= 0.6 is 81.4 Å². The Labute approximate surface area is 486 Å². The van der Waals surface area contributed by atoms with Gasteiger partial charge < -0.3 is 43.9 Å². The van der Waals surface area contributed by atoms with Crippen LogP contribution in [0.1, 0.15) is 173 Å². The molecule has 6 saturated heterocycles. The molecule has 1 aliphatic carbocycles. The summed E-state index contributed by atoms with van der Waals surface area (Å²) in [7, 11) is -1.92. The molecule has 7 fully saturated rings. The number of aliphatic hydroxyl groups excluding tert-OH is 1. The lowest BCUT2D eigenvalue weighted by Gasteiger charge is -2.25. The van der Waals surface area contributed by atoms with E-state index in [2.05, 4.69) is 64.6 Å². The summed E-state index contributed by atoms with van der Waals surface area (Å²) in [6.07, 6.45) is 13.4. The van der Waals surface area contributed by atoms with Crippen molar-refractivity contribution in [1.29, 1.82) is 0 Å². The maximum Gasteiger partial charge on any atom is 0.351 e. The van der Waals surface area contributed by atoms with Crippen molar-refractivity contribution in [3.8, 4) is 0 Å². The molecule has 2 aromatic heterocycles. The molecule has 2 amide bonds. The largest absolute Gasteiger partial charge is 0.390 e. The Bertz CT molecular complexity index is 2260. The molecule has 1 unspecified atom stereocenters. The molecule has 0 bridgehead atoms. The van der Waals surface area contributed by atoms with E-state index in [1.165, 1.54) is 60.3 Å². The Kier molecular flexibility index (Phi) is 28.8. The van der Waals surface area contributed by atoms with Crippen LogP contribution in [0.3, 0.4) is 0 Å². The van der Waals surface area contributed by atoms with Gasteiger partial charge in [0.15, 0.2) is 0 Å². The second-order valence-electron chi connectivity index (χ2n) is 22.2. The molecule has 7 aliphatic rings. The highest BCUT2D eigenvalue weighted by Gasteiger charge is 2.53. The summed E-state index contributed by atoms with van der Waals surface area (Å²) in [6.45, 7) is 25.6. The summed E-state index contributed by atoms with van der Waals surface area (Å²) in [5.74, 6) is 0.292. The summed E-state index contributed by atoms with van der Waals surface area (Å²) in [5, 5.41) is 24.6. The van der Waals surface area contributed by atoms with Crippen LogP contribution in [0.4, 0.5) is 11.6 Å². The normalized spacial score (nSPS) is 29.2. The summed E-state index contributed by atoms with van der Waals surface area (Å²) in [6, 6.07) is 4.15. The molecule has 9 rings (SSSR count). The number of halogens is 1. The quantitative estimate of drug-likeness (QED) is 0.154. The van der Waals surface area contributed by atoms with Crippen molar-refractivity contribution in [3.63, 3.8) is 0 Å². The average Bonchev–Trinajstić information content (AvgIpc) is 4.17. The van der Waals surface area contributed by atoms with E-state index in [1.54, 1.807) is 46.0 Å². The van der Waals surface area contributed by atoms with Crippen LogP contribution in [0.15, 0.2) is 34.1 Å². The number of aliphatic hydroxyl groups is 2. The Hall–Kier alpha value is -1.11. The van der Waals surface area contributed by atoms with E-state index in [0.29, 0.717) is 37.3 Å². The minimum Gasteiger partial charge on any atom is -0.390 e. The van der Waals surface area contributed by atoms with Crippen molar-refractivity contribution in [2.45, 2.75) is 226 Å². The highest BCUT2D eigenvalue weighted by molar-refractivity contribution is 7.78. The van der Waals surface area contributed by atoms with Crippen molar-refractivity contribution in [3.05, 3.63) is 45.5 Å². The monoisotopic (exact) mass is 1200 g/mol. The number of ether oxygens (including phenoxy) is 2. The van der Waals surface area contributed by atoms with Gasteiger partial charge in [0.1, 0.15) is 24.1 Å². The molecule has 0 radical (unpaired) electrons. The van der Waals surface area contributed by atoms with Gasteiger partial charge in [0.2, 0.25) is 19.5 Å². The lowest BCUT2D eigenvalue weighted by Crippen LogP contribution is -2.36. The van der Waals surface area contributed by atoms with Gasteiger partial charge in [-0.1, -0.05) is 54.4 Å². The fraction of sp³-hybridized carbons (Fsp3) is 0.800. The zero-order chi connectivity index (χ0) is 52.9. The number of carbonyl (C=O) groups is 2. The van der Waals surface area contributed by atoms with Gasteiger partial charge in [0.25, 0.3) is 8.53 Å². The van der Waals surface area contributed by atoms with Crippen LogP contribution in [0.2, 0.25) is 0 Å². The van der Waals surface area contributed by atoms with E-state index in [1.807, 2.05) is 20.8 Å². The molecule has 6 aliphatic heterocycles. The van der Waals surface area contributed by atoms with Gasteiger partial charge in [0, 0.05) is 62.2 Å². The van der Waals surface area contributed by atoms with Gasteiger partial charge in [-0.3, -0.25) is 18.7 Å². The van der Waals surface area contributed by atoms with Gasteiger partial charge in [0.05, 0.1) is 41.2 Å². The third-order valence-electron chi connectivity index (χ3n) is 14.7. The predicted molar refractivity (Wildman–Crippen MR) is 322 cm³/mol. The second-order valence-corrected chi connectivity index (χ2v) is 25.6. The van der Waals surface area contributed by atoms with E-state index in [0.717, 1.165) is 25.9 Å².